The number of rotatable bonds is 19. The van der Waals surface area contributed by atoms with Gasteiger partial charge < -0.3 is 35.5 Å². The van der Waals surface area contributed by atoms with Crippen molar-refractivity contribution in [3.8, 4) is 17.6 Å². The zero-order chi connectivity index (χ0) is 46.0. The van der Waals surface area contributed by atoms with Gasteiger partial charge in [0.2, 0.25) is 17.7 Å². The standard InChI is InChI=1S/C45H50N10O10/c1-26(2)51-33-21-36(54-15-12-29-20-27(22-46)23-50-40(29)54)49-24-32(33)42(59)52-30-8-6-28(7-9-30)41(58)48-14-17-64-19-18-63-16-13-47-38(57)25-65-35-5-3-4-31-39(35)45(62)55(44(31)61)34-10-11-37(56)53-43(34)60/h3-5,12,15,20-21,23-24,26,28,30,34H,6-11,13-14,16-19,25H2,1-2H3,(H,47,57)(H,48,58)(H,49,51)(H,52,59)(H,53,56,60). The molecule has 20 nitrogen and oxygen atoms in total. The Labute approximate surface area is 373 Å². The van der Waals surface area contributed by atoms with E-state index in [1.807, 2.05) is 36.7 Å². The summed E-state index contributed by atoms with van der Waals surface area (Å²) < 4.78 is 18.5. The second-order valence-corrected chi connectivity index (χ2v) is 16.1. The lowest BCUT2D eigenvalue weighted by Gasteiger charge is -2.28. The summed E-state index contributed by atoms with van der Waals surface area (Å²) in [5.41, 5.74) is 2.15. The third-order valence-corrected chi connectivity index (χ3v) is 11.2. The van der Waals surface area contributed by atoms with Crippen molar-refractivity contribution in [1.29, 1.82) is 5.26 Å². The highest BCUT2D eigenvalue weighted by Gasteiger charge is 2.46. The van der Waals surface area contributed by atoms with Crippen molar-refractivity contribution in [2.45, 2.75) is 70.5 Å². The molecule has 0 radical (unpaired) electrons. The van der Waals surface area contributed by atoms with Crippen LogP contribution >= 0.6 is 0 Å². The molecule has 7 rings (SSSR count). The second kappa shape index (κ2) is 21.0. The van der Waals surface area contributed by atoms with E-state index in [0.29, 0.717) is 60.5 Å². The number of nitrogens with zero attached hydrogens (tertiary/aromatic N) is 5. The lowest BCUT2D eigenvalue weighted by molar-refractivity contribution is -0.136. The lowest BCUT2D eigenvalue weighted by atomic mass is 9.85. The number of pyridine rings is 2. The van der Waals surface area contributed by atoms with Gasteiger partial charge in [0, 0.05) is 67.6 Å². The van der Waals surface area contributed by atoms with Crippen molar-refractivity contribution in [3.63, 3.8) is 0 Å². The number of carbonyl (C=O) groups excluding carboxylic acids is 7. The smallest absolute Gasteiger partial charge is 0.266 e. The number of piperidine rings is 1. The van der Waals surface area contributed by atoms with Crippen molar-refractivity contribution in [2.75, 3.05) is 51.4 Å². The number of fused-ring (bicyclic) bond motifs is 2. The molecule has 20 heteroatoms. The van der Waals surface area contributed by atoms with Crippen molar-refractivity contribution in [1.82, 2.24) is 40.7 Å². The average molecular weight is 891 g/mol. The maximum absolute atomic E-state index is 13.5. The third kappa shape index (κ3) is 10.9. The van der Waals surface area contributed by atoms with Gasteiger partial charge in [-0.05, 0) is 70.2 Å². The third-order valence-electron chi connectivity index (χ3n) is 11.2. The van der Waals surface area contributed by atoms with Crippen LogP contribution < -0.4 is 31.3 Å². The highest BCUT2D eigenvalue weighted by atomic mass is 16.5. The molecule has 0 bridgehead atoms. The quantitative estimate of drug-likeness (QED) is 0.0668. The van der Waals surface area contributed by atoms with Gasteiger partial charge in [-0.3, -0.25) is 48.3 Å². The number of aromatic nitrogens is 3. The first-order chi connectivity index (χ1) is 31.4. The van der Waals surface area contributed by atoms with E-state index in [-0.39, 0.29) is 92.5 Å². The fourth-order valence-corrected chi connectivity index (χ4v) is 7.99. The van der Waals surface area contributed by atoms with Gasteiger partial charge in [-0.25, -0.2) is 9.97 Å². The number of amides is 7. The molecule has 1 aliphatic carbocycles. The molecule has 340 valence electrons. The van der Waals surface area contributed by atoms with Crippen LogP contribution in [0, 0.1) is 17.2 Å². The van der Waals surface area contributed by atoms with E-state index < -0.39 is 42.2 Å². The molecule has 1 aromatic carbocycles. The van der Waals surface area contributed by atoms with Crippen LogP contribution in [0.1, 0.15) is 89.0 Å². The van der Waals surface area contributed by atoms with E-state index in [0.717, 1.165) is 10.3 Å². The fraction of sp³-hybridized carbons (Fsp3) is 0.422. The second-order valence-electron chi connectivity index (χ2n) is 16.1. The van der Waals surface area contributed by atoms with Crippen LogP contribution in [0.4, 0.5) is 5.69 Å². The predicted molar refractivity (Wildman–Crippen MR) is 232 cm³/mol. The number of hydrogen-bond acceptors (Lipinski definition) is 14. The highest BCUT2D eigenvalue weighted by molar-refractivity contribution is 6.24. The highest BCUT2D eigenvalue weighted by Crippen LogP contribution is 2.34. The van der Waals surface area contributed by atoms with Gasteiger partial charge in [-0.2, -0.15) is 5.26 Å². The summed E-state index contributed by atoms with van der Waals surface area (Å²) in [7, 11) is 0. The minimum absolute atomic E-state index is 0.00361. The van der Waals surface area contributed by atoms with Gasteiger partial charge in [0.25, 0.3) is 23.6 Å². The monoisotopic (exact) mass is 890 g/mol. The molecule has 2 fully saturated rings. The molecule has 4 aromatic rings. The van der Waals surface area contributed by atoms with Crippen molar-refractivity contribution < 1.29 is 47.8 Å². The maximum Gasteiger partial charge on any atom is 0.266 e. The number of carbonyl (C=O) groups is 7. The average Bonchev–Trinajstić information content (AvgIpc) is 3.83. The molecular formula is C45H50N10O10. The summed E-state index contributed by atoms with van der Waals surface area (Å²) in [6.07, 6.45) is 7.47. The van der Waals surface area contributed by atoms with Crippen molar-refractivity contribution in [2.24, 2.45) is 5.92 Å². The van der Waals surface area contributed by atoms with Gasteiger partial charge in [-0.1, -0.05) is 6.07 Å². The van der Waals surface area contributed by atoms with Gasteiger partial charge in [-0.15, -0.1) is 0 Å². The molecule has 7 amide bonds. The molecule has 0 spiro atoms. The van der Waals surface area contributed by atoms with E-state index in [9.17, 15) is 38.8 Å². The van der Waals surface area contributed by atoms with Crippen molar-refractivity contribution >= 4 is 58.1 Å². The largest absolute Gasteiger partial charge is 0.483 e. The Hall–Kier alpha value is -7.24. The van der Waals surface area contributed by atoms with E-state index in [1.54, 1.807) is 12.3 Å². The Morgan fingerprint density at radius 3 is 2.38 bits per heavy atom. The van der Waals surface area contributed by atoms with Crippen LogP contribution in [0.5, 0.6) is 5.75 Å². The first-order valence-electron chi connectivity index (χ1n) is 21.5. The van der Waals surface area contributed by atoms with Gasteiger partial charge in [0.1, 0.15) is 29.3 Å². The molecule has 1 saturated heterocycles. The summed E-state index contributed by atoms with van der Waals surface area (Å²) in [6, 6.07) is 10.8. The lowest BCUT2D eigenvalue weighted by Crippen LogP contribution is -2.54. The number of imide groups is 2. The van der Waals surface area contributed by atoms with Crippen LogP contribution in [-0.4, -0.2) is 125 Å². The summed E-state index contributed by atoms with van der Waals surface area (Å²) in [5, 5.41) is 24.3. The molecule has 65 heavy (non-hydrogen) atoms. The first kappa shape index (κ1) is 45.8. The Bertz CT molecular complexity index is 2530. The number of anilines is 1. The molecule has 5 heterocycles. The molecule has 3 aliphatic rings. The summed E-state index contributed by atoms with van der Waals surface area (Å²) in [4.78, 5) is 98.8. The van der Waals surface area contributed by atoms with Crippen LogP contribution in [-0.2, 0) is 28.7 Å². The molecule has 1 atom stereocenters. The number of ether oxygens (including phenoxy) is 3. The Morgan fingerprint density at radius 1 is 0.908 bits per heavy atom. The zero-order valence-corrected chi connectivity index (χ0v) is 36.0. The van der Waals surface area contributed by atoms with Gasteiger partial charge >= 0.3 is 0 Å². The van der Waals surface area contributed by atoms with E-state index in [4.69, 9.17) is 14.2 Å². The normalized spacial score (nSPS) is 18.2. The SMILES string of the molecule is CC(C)Nc1cc(-n2ccc3cc(C#N)cnc32)ncc1C(=O)NC1CCC(C(=O)NCCOCCOCCNC(=O)COc2cccc3c2C(=O)N(C2CCC(=O)NC2=O)C3=O)CC1. The zero-order valence-electron chi connectivity index (χ0n) is 36.0. The van der Waals surface area contributed by atoms with Crippen LogP contribution in [0.2, 0.25) is 0 Å². The summed E-state index contributed by atoms with van der Waals surface area (Å²) >= 11 is 0. The molecule has 3 aromatic heterocycles. The number of hydrogen-bond donors (Lipinski definition) is 5. The summed E-state index contributed by atoms with van der Waals surface area (Å²) in [5.74, 6) is -2.97. The minimum atomic E-state index is -1.12. The Kier molecular flexibility index (Phi) is 14.8. The van der Waals surface area contributed by atoms with Crippen LogP contribution in [0.15, 0.2) is 55.0 Å². The number of nitrogens with one attached hydrogen (secondary N) is 5. The topological polar surface area (TPSA) is 265 Å². The minimum Gasteiger partial charge on any atom is -0.483 e. The molecular weight excluding hydrogens is 841 g/mol. The van der Waals surface area contributed by atoms with Crippen LogP contribution in [0.3, 0.4) is 0 Å². The molecule has 1 unspecified atom stereocenters. The summed E-state index contributed by atoms with van der Waals surface area (Å²) in [6.45, 7) is 5.05. The molecule has 1 saturated carbocycles. The van der Waals surface area contributed by atoms with Gasteiger partial charge in [0.05, 0.1) is 54.4 Å². The van der Waals surface area contributed by atoms with E-state index >= 15 is 0 Å². The van der Waals surface area contributed by atoms with Gasteiger partial charge in [0.15, 0.2) is 6.61 Å². The number of benzene rings is 1. The maximum atomic E-state index is 13.5. The Morgan fingerprint density at radius 2 is 1.66 bits per heavy atom. The van der Waals surface area contributed by atoms with Crippen LogP contribution in [0.25, 0.3) is 16.9 Å². The molecule has 2 aliphatic heterocycles. The molecule has 5 N–H and O–H groups in total. The number of nitriles is 1. The van der Waals surface area contributed by atoms with E-state index in [1.165, 1.54) is 24.4 Å². The predicted octanol–water partition coefficient (Wildman–Crippen LogP) is 2.15. The van der Waals surface area contributed by atoms with E-state index in [2.05, 4.69) is 42.6 Å². The first-order valence-corrected chi connectivity index (χ1v) is 21.5. The Balaban J connectivity index is 0.746. The van der Waals surface area contributed by atoms with Crippen molar-refractivity contribution in [3.05, 3.63) is 77.2 Å². The fourth-order valence-electron chi connectivity index (χ4n) is 7.99.